The van der Waals surface area contributed by atoms with Crippen molar-refractivity contribution in [2.24, 2.45) is 0 Å². The van der Waals surface area contributed by atoms with Crippen LogP contribution in [0, 0.1) is 6.92 Å². The van der Waals surface area contributed by atoms with Crippen LogP contribution < -0.4 is 5.32 Å². The first kappa shape index (κ1) is 16.1. The largest absolute Gasteiger partial charge is 0.480 e. The average molecular weight is 280 g/mol. The molecule has 0 aliphatic rings. The Balaban J connectivity index is 2.56. The van der Waals surface area contributed by atoms with Gasteiger partial charge < -0.3 is 15.2 Å². The number of rotatable bonds is 8. The minimum Gasteiger partial charge on any atom is -0.480 e. The van der Waals surface area contributed by atoms with E-state index in [2.05, 4.69) is 5.32 Å². The quantitative estimate of drug-likeness (QED) is 0.741. The highest BCUT2D eigenvalue weighted by molar-refractivity contribution is 5.93. The molecule has 0 unspecified atom stereocenters. The Bertz CT molecular complexity index is 462. The van der Waals surface area contributed by atoms with Crippen LogP contribution in [0.1, 0.15) is 5.56 Å². The van der Waals surface area contributed by atoms with Gasteiger partial charge in [0.05, 0.1) is 19.7 Å². The predicted octanol–water partition coefficient (Wildman–Crippen LogP) is 0.967. The molecule has 0 aromatic heterocycles. The van der Waals surface area contributed by atoms with Crippen molar-refractivity contribution in [3.63, 3.8) is 0 Å². The van der Waals surface area contributed by atoms with Gasteiger partial charge in [-0.25, -0.2) is 0 Å². The van der Waals surface area contributed by atoms with Gasteiger partial charge in [0.25, 0.3) is 0 Å². The molecule has 0 spiro atoms. The number of carboxylic acid groups (broad SMARTS) is 1. The van der Waals surface area contributed by atoms with Crippen LogP contribution in [-0.2, 0) is 14.3 Å². The fourth-order valence-corrected chi connectivity index (χ4v) is 1.73. The number of hydrogen-bond acceptors (Lipinski definition) is 4. The first-order chi connectivity index (χ1) is 9.52. The molecule has 0 heterocycles. The number of hydrogen-bond donors (Lipinski definition) is 2. The van der Waals surface area contributed by atoms with Crippen molar-refractivity contribution in [1.82, 2.24) is 4.90 Å². The smallest absolute Gasteiger partial charge is 0.317 e. The standard InChI is InChI=1S/C14H20N2O4/c1-11-5-3-4-6-12(11)15-13(17)9-16(7-8-20-2)10-14(18)19/h3-6H,7-10H2,1-2H3,(H,15,17)(H,18,19). The first-order valence-electron chi connectivity index (χ1n) is 6.31. The van der Waals surface area contributed by atoms with Crippen LogP contribution in [0.15, 0.2) is 24.3 Å². The molecule has 0 radical (unpaired) electrons. The number of para-hydroxylation sites is 1. The van der Waals surface area contributed by atoms with Crippen molar-refractivity contribution in [3.05, 3.63) is 29.8 Å². The molecule has 0 aliphatic heterocycles. The van der Waals surface area contributed by atoms with Gasteiger partial charge >= 0.3 is 5.97 Å². The van der Waals surface area contributed by atoms with E-state index in [1.165, 1.54) is 12.0 Å². The van der Waals surface area contributed by atoms with Gasteiger partial charge in [0.15, 0.2) is 0 Å². The van der Waals surface area contributed by atoms with Crippen LogP contribution in [0.4, 0.5) is 5.69 Å². The lowest BCUT2D eigenvalue weighted by Crippen LogP contribution is -2.38. The first-order valence-corrected chi connectivity index (χ1v) is 6.31. The number of benzene rings is 1. The Morgan fingerprint density at radius 3 is 2.60 bits per heavy atom. The summed E-state index contributed by atoms with van der Waals surface area (Å²) in [4.78, 5) is 24.2. The Morgan fingerprint density at radius 1 is 1.30 bits per heavy atom. The van der Waals surface area contributed by atoms with Crippen LogP contribution in [0.2, 0.25) is 0 Å². The topological polar surface area (TPSA) is 78.9 Å². The summed E-state index contributed by atoms with van der Waals surface area (Å²) in [5.41, 5.74) is 1.70. The molecule has 110 valence electrons. The molecule has 20 heavy (non-hydrogen) atoms. The van der Waals surface area contributed by atoms with Crippen molar-refractivity contribution >= 4 is 17.6 Å². The van der Waals surface area contributed by atoms with Crippen molar-refractivity contribution in [1.29, 1.82) is 0 Å². The summed E-state index contributed by atoms with van der Waals surface area (Å²) in [6.07, 6.45) is 0. The van der Waals surface area contributed by atoms with Crippen LogP contribution >= 0.6 is 0 Å². The molecule has 0 aliphatic carbocycles. The summed E-state index contributed by atoms with van der Waals surface area (Å²) in [5, 5.41) is 11.6. The van der Waals surface area contributed by atoms with Gasteiger partial charge in [0.1, 0.15) is 0 Å². The van der Waals surface area contributed by atoms with E-state index < -0.39 is 5.97 Å². The van der Waals surface area contributed by atoms with Gasteiger partial charge in [-0.3, -0.25) is 14.5 Å². The molecular weight excluding hydrogens is 260 g/mol. The number of aryl methyl sites for hydroxylation is 1. The summed E-state index contributed by atoms with van der Waals surface area (Å²) in [7, 11) is 1.53. The van der Waals surface area contributed by atoms with E-state index in [1.807, 2.05) is 31.2 Å². The number of carbonyl (C=O) groups is 2. The second-order valence-electron chi connectivity index (χ2n) is 4.46. The van der Waals surface area contributed by atoms with Crippen molar-refractivity contribution in [2.75, 3.05) is 38.7 Å². The van der Waals surface area contributed by atoms with E-state index in [0.29, 0.717) is 13.2 Å². The fraction of sp³-hybridized carbons (Fsp3) is 0.429. The van der Waals surface area contributed by atoms with Crippen molar-refractivity contribution in [3.8, 4) is 0 Å². The summed E-state index contributed by atoms with van der Waals surface area (Å²) in [6, 6.07) is 7.43. The highest BCUT2D eigenvalue weighted by Gasteiger charge is 2.14. The molecule has 6 heteroatoms. The zero-order chi connectivity index (χ0) is 15.0. The van der Waals surface area contributed by atoms with Gasteiger partial charge in [-0.05, 0) is 18.6 Å². The predicted molar refractivity (Wildman–Crippen MR) is 75.8 cm³/mol. The molecular formula is C14H20N2O4. The number of ether oxygens (including phenoxy) is 1. The zero-order valence-electron chi connectivity index (χ0n) is 11.8. The second kappa shape index (κ2) is 8.29. The van der Waals surface area contributed by atoms with E-state index in [-0.39, 0.29) is 19.0 Å². The molecule has 1 amide bonds. The number of carboxylic acids is 1. The van der Waals surface area contributed by atoms with E-state index in [1.54, 1.807) is 0 Å². The molecule has 1 aromatic carbocycles. The monoisotopic (exact) mass is 280 g/mol. The van der Waals surface area contributed by atoms with Crippen LogP contribution in [0.25, 0.3) is 0 Å². The highest BCUT2D eigenvalue weighted by atomic mass is 16.5. The van der Waals surface area contributed by atoms with Gasteiger partial charge in [0.2, 0.25) is 5.91 Å². The number of carbonyl (C=O) groups excluding carboxylic acids is 1. The van der Waals surface area contributed by atoms with Gasteiger partial charge in [-0.15, -0.1) is 0 Å². The van der Waals surface area contributed by atoms with E-state index in [0.717, 1.165) is 11.3 Å². The highest BCUT2D eigenvalue weighted by Crippen LogP contribution is 2.12. The molecule has 0 saturated heterocycles. The molecule has 0 bridgehead atoms. The van der Waals surface area contributed by atoms with Gasteiger partial charge in [-0.2, -0.15) is 0 Å². The molecule has 0 saturated carbocycles. The Kier molecular flexibility index (Phi) is 6.69. The second-order valence-corrected chi connectivity index (χ2v) is 4.46. The summed E-state index contributed by atoms with van der Waals surface area (Å²) in [6.45, 7) is 2.50. The summed E-state index contributed by atoms with van der Waals surface area (Å²) >= 11 is 0. The molecule has 2 N–H and O–H groups in total. The zero-order valence-corrected chi connectivity index (χ0v) is 11.8. The molecule has 1 aromatic rings. The van der Waals surface area contributed by atoms with Crippen LogP contribution in [0.5, 0.6) is 0 Å². The number of nitrogens with zero attached hydrogens (tertiary/aromatic N) is 1. The third-order valence-corrected chi connectivity index (χ3v) is 2.76. The van der Waals surface area contributed by atoms with Gasteiger partial charge in [0, 0.05) is 19.3 Å². The van der Waals surface area contributed by atoms with Crippen molar-refractivity contribution < 1.29 is 19.4 Å². The Hall–Kier alpha value is -1.92. The lowest BCUT2D eigenvalue weighted by molar-refractivity contribution is -0.138. The van der Waals surface area contributed by atoms with E-state index in [4.69, 9.17) is 9.84 Å². The maximum Gasteiger partial charge on any atom is 0.317 e. The lowest BCUT2D eigenvalue weighted by atomic mass is 10.2. The normalized spacial score (nSPS) is 10.6. The Morgan fingerprint density at radius 2 is 2.00 bits per heavy atom. The summed E-state index contributed by atoms with van der Waals surface area (Å²) in [5.74, 6) is -1.21. The van der Waals surface area contributed by atoms with Gasteiger partial charge in [-0.1, -0.05) is 18.2 Å². The number of anilines is 1. The van der Waals surface area contributed by atoms with E-state index >= 15 is 0 Å². The average Bonchev–Trinajstić information content (AvgIpc) is 2.38. The maximum atomic E-state index is 11.9. The maximum absolute atomic E-state index is 11.9. The van der Waals surface area contributed by atoms with Crippen molar-refractivity contribution in [2.45, 2.75) is 6.92 Å². The number of amides is 1. The molecule has 6 nitrogen and oxygen atoms in total. The third-order valence-electron chi connectivity index (χ3n) is 2.76. The summed E-state index contributed by atoms with van der Waals surface area (Å²) < 4.78 is 4.91. The lowest BCUT2D eigenvalue weighted by Gasteiger charge is -2.19. The third kappa shape index (κ3) is 5.81. The Labute approximate surface area is 118 Å². The molecule has 0 atom stereocenters. The number of methoxy groups -OCH3 is 1. The van der Waals surface area contributed by atoms with Crippen LogP contribution in [-0.4, -0.2) is 55.2 Å². The molecule has 1 rings (SSSR count). The molecule has 0 fully saturated rings. The number of aliphatic carboxylic acids is 1. The SMILES string of the molecule is COCCN(CC(=O)O)CC(=O)Nc1ccccc1C. The minimum atomic E-state index is -0.968. The number of nitrogens with one attached hydrogen (secondary N) is 1. The van der Waals surface area contributed by atoms with Crippen LogP contribution in [0.3, 0.4) is 0 Å². The minimum absolute atomic E-state index is 0.0179. The fourth-order valence-electron chi connectivity index (χ4n) is 1.73. The van der Waals surface area contributed by atoms with E-state index in [9.17, 15) is 9.59 Å².